The summed E-state index contributed by atoms with van der Waals surface area (Å²) in [4.78, 5) is 35.3. The maximum atomic E-state index is 12.4. The molecular weight excluding hydrogens is 451 g/mol. The van der Waals surface area contributed by atoms with E-state index >= 15 is 0 Å². The molecule has 1 rings (SSSR count). The van der Waals surface area contributed by atoms with E-state index in [1.54, 1.807) is 13.8 Å². The van der Waals surface area contributed by atoms with Crippen molar-refractivity contribution in [3.63, 3.8) is 0 Å². The lowest BCUT2D eigenvalue weighted by Crippen LogP contribution is -2.37. The smallest absolute Gasteiger partial charge is 0.404 e. The molecule has 33 heavy (non-hydrogen) atoms. The van der Waals surface area contributed by atoms with Crippen LogP contribution in [0.15, 0.2) is 30.3 Å². The number of carbonyl (C=O) groups is 3. The first-order valence-corrected chi connectivity index (χ1v) is 12.8. The third-order valence-corrected chi connectivity index (χ3v) is 6.77. The molecule has 10 nitrogen and oxygen atoms in total. The molecule has 0 aliphatic heterocycles. The molecule has 0 saturated carbocycles. The van der Waals surface area contributed by atoms with Gasteiger partial charge in [0.1, 0.15) is 6.16 Å². The van der Waals surface area contributed by atoms with E-state index in [-0.39, 0.29) is 32.2 Å². The van der Waals surface area contributed by atoms with Crippen LogP contribution in [0.1, 0.15) is 45.1 Å². The van der Waals surface area contributed by atoms with Crippen molar-refractivity contribution in [1.82, 2.24) is 10.6 Å². The second-order valence-electron chi connectivity index (χ2n) is 7.59. The van der Waals surface area contributed by atoms with Crippen LogP contribution in [0.5, 0.6) is 0 Å². The van der Waals surface area contributed by atoms with Crippen molar-refractivity contribution in [2.24, 2.45) is 5.92 Å². The van der Waals surface area contributed by atoms with Gasteiger partial charge in [-0.3, -0.25) is 19.5 Å². The summed E-state index contributed by atoms with van der Waals surface area (Å²) >= 11 is 0. The molecule has 1 aromatic rings. The number of imide groups is 1. The Labute approximate surface area is 194 Å². The molecule has 0 saturated heterocycles. The minimum atomic E-state index is -3.60. The number of benzene rings is 1. The summed E-state index contributed by atoms with van der Waals surface area (Å²) < 4.78 is 22.4. The average Bonchev–Trinajstić information content (AvgIpc) is 2.73. The molecule has 0 aliphatic rings. The number of hydrogen-bond donors (Lipinski definition) is 4. The van der Waals surface area contributed by atoms with Crippen molar-refractivity contribution in [1.29, 1.82) is 0 Å². The summed E-state index contributed by atoms with van der Waals surface area (Å²) in [5, 5.41) is 23.5. The predicted octanol–water partition coefficient (Wildman–Crippen LogP) is 2.94. The van der Waals surface area contributed by atoms with Gasteiger partial charge in [-0.15, -0.1) is 0 Å². The van der Waals surface area contributed by atoms with Gasteiger partial charge in [-0.1, -0.05) is 30.3 Å². The van der Waals surface area contributed by atoms with E-state index in [2.05, 4.69) is 10.6 Å². The number of rotatable bonds is 16. The fourth-order valence-electron chi connectivity index (χ4n) is 3.46. The monoisotopic (exact) mass is 486 g/mol. The lowest BCUT2D eigenvalue weighted by atomic mass is 9.91. The maximum absolute atomic E-state index is 12.4. The third kappa shape index (κ3) is 12.5. The number of carbonyl (C=O) groups excluding carboxylic acids is 2. The van der Waals surface area contributed by atoms with Crippen LogP contribution in [0.4, 0.5) is 4.79 Å². The van der Waals surface area contributed by atoms with E-state index in [0.29, 0.717) is 25.7 Å². The topological polar surface area (TPSA) is 151 Å². The number of aliphatic hydroxyl groups excluding tert-OH is 1. The van der Waals surface area contributed by atoms with Gasteiger partial charge in [0.2, 0.25) is 11.8 Å². The van der Waals surface area contributed by atoms with Gasteiger partial charge in [0.05, 0.1) is 13.2 Å². The third-order valence-electron chi connectivity index (χ3n) is 4.79. The fourth-order valence-corrected chi connectivity index (χ4v) is 4.93. The Hall–Kier alpha value is -2.26. The van der Waals surface area contributed by atoms with E-state index in [1.807, 2.05) is 30.3 Å². The minimum absolute atomic E-state index is 0.0143. The summed E-state index contributed by atoms with van der Waals surface area (Å²) in [7, 11) is -3.60. The van der Waals surface area contributed by atoms with Crippen molar-refractivity contribution >= 4 is 25.5 Å². The molecule has 0 aliphatic carbocycles. The Balaban J connectivity index is 2.54. The second-order valence-corrected chi connectivity index (χ2v) is 9.64. The van der Waals surface area contributed by atoms with Gasteiger partial charge in [-0.05, 0) is 51.0 Å². The van der Waals surface area contributed by atoms with Crippen LogP contribution >= 0.6 is 7.60 Å². The zero-order valence-electron chi connectivity index (χ0n) is 19.2. The number of nitrogens with one attached hydrogen (secondary N) is 2. The van der Waals surface area contributed by atoms with Gasteiger partial charge in [0.15, 0.2) is 0 Å². The molecule has 4 N–H and O–H groups in total. The van der Waals surface area contributed by atoms with Crippen LogP contribution in [-0.4, -0.2) is 60.1 Å². The summed E-state index contributed by atoms with van der Waals surface area (Å²) in [6.07, 6.45) is -0.0642. The SMILES string of the molecule is CCOP(=O)(CC(=O)NC(=O)CCCC(C[C@@H](CO)Cc1ccccc1)NC(=O)O)OCC. The largest absolute Gasteiger partial charge is 0.465 e. The highest BCUT2D eigenvalue weighted by molar-refractivity contribution is 7.54. The van der Waals surface area contributed by atoms with Crippen molar-refractivity contribution in [2.75, 3.05) is 26.0 Å². The van der Waals surface area contributed by atoms with E-state index < -0.39 is 37.7 Å². The Kier molecular flexibility index (Phi) is 13.6. The Bertz CT molecular complexity index is 780. The molecule has 0 bridgehead atoms. The highest BCUT2D eigenvalue weighted by atomic mass is 31.2. The molecule has 1 unspecified atom stereocenters. The second kappa shape index (κ2) is 15.6. The molecule has 186 valence electrons. The molecule has 11 heteroatoms. The highest BCUT2D eigenvalue weighted by Crippen LogP contribution is 2.47. The highest BCUT2D eigenvalue weighted by Gasteiger charge is 2.28. The average molecular weight is 487 g/mol. The molecular formula is C22H35N2O8P. The van der Waals surface area contributed by atoms with Crippen molar-refractivity contribution in [2.45, 2.75) is 52.0 Å². The number of hydrogen-bond acceptors (Lipinski definition) is 7. The Morgan fingerprint density at radius 3 is 2.24 bits per heavy atom. The summed E-state index contributed by atoms with van der Waals surface area (Å²) in [5.41, 5.74) is 1.04. The van der Waals surface area contributed by atoms with Gasteiger partial charge >= 0.3 is 13.7 Å². The fraction of sp³-hybridized carbons (Fsp3) is 0.591. The Morgan fingerprint density at radius 2 is 1.70 bits per heavy atom. The van der Waals surface area contributed by atoms with Crippen LogP contribution in [0, 0.1) is 5.92 Å². The van der Waals surface area contributed by atoms with E-state index in [1.165, 1.54) is 0 Å². The molecule has 0 fully saturated rings. The lowest BCUT2D eigenvalue weighted by Gasteiger charge is -2.22. The lowest BCUT2D eigenvalue weighted by molar-refractivity contribution is -0.129. The van der Waals surface area contributed by atoms with E-state index in [4.69, 9.17) is 14.2 Å². The van der Waals surface area contributed by atoms with Crippen LogP contribution in [0.25, 0.3) is 0 Å². The van der Waals surface area contributed by atoms with Crippen molar-refractivity contribution in [3.8, 4) is 0 Å². The van der Waals surface area contributed by atoms with E-state index in [9.17, 15) is 24.1 Å². The molecule has 0 heterocycles. The normalized spacial score (nSPS) is 13.2. The van der Waals surface area contributed by atoms with Gasteiger partial charge in [0.25, 0.3) is 0 Å². The maximum Gasteiger partial charge on any atom is 0.404 e. The minimum Gasteiger partial charge on any atom is -0.465 e. The molecule has 0 radical (unpaired) electrons. The van der Waals surface area contributed by atoms with Gasteiger partial charge in [0, 0.05) is 19.1 Å². The summed E-state index contributed by atoms with van der Waals surface area (Å²) in [5.74, 6) is -1.46. The van der Waals surface area contributed by atoms with Crippen LogP contribution in [0.2, 0.25) is 0 Å². The zero-order valence-corrected chi connectivity index (χ0v) is 20.1. The summed E-state index contributed by atoms with van der Waals surface area (Å²) in [6.45, 7) is 3.36. The molecule has 2 atom stereocenters. The van der Waals surface area contributed by atoms with Crippen molar-refractivity contribution in [3.05, 3.63) is 35.9 Å². The molecule has 1 aromatic carbocycles. The van der Waals surface area contributed by atoms with E-state index in [0.717, 1.165) is 5.56 Å². The predicted molar refractivity (Wildman–Crippen MR) is 123 cm³/mol. The molecule has 0 aromatic heterocycles. The number of amides is 3. The number of aliphatic hydroxyl groups is 1. The van der Waals surface area contributed by atoms with Crippen LogP contribution in [0.3, 0.4) is 0 Å². The first kappa shape index (κ1) is 28.8. The van der Waals surface area contributed by atoms with Gasteiger partial charge < -0.3 is 24.6 Å². The number of carboxylic acid groups (broad SMARTS) is 1. The van der Waals surface area contributed by atoms with Crippen LogP contribution < -0.4 is 10.6 Å². The zero-order chi connectivity index (χ0) is 24.7. The first-order valence-electron chi connectivity index (χ1n) is 11.1. The standard InChI is InChI=1S/C22H35N2O8P/c1-3-31-33(30,32-4-2)16-21(27)24-20(26)12-8-11-19(23-22(28)29)14-18(15-25)13-17-9-6-5-7-10-17/h5-7,9-10,18-19,23,25H,3-4,8,11-16H2,1-2H3,(H,28,29)(H,24,26,27)/t18-,19?/m0/s1. The van der Waals surface area contributed by atoms with Gasteiger partial charge in [-0.25, -0.2) is 4.79 Å². The van der Waals surface area contributed by atoms with Crippen molar-refractivity contribution < 1.29 is 38.2 Å². The quantitative estimate of drug-likeness (QED) is 0.260. The Morgan fingerprint density at radius 1 is 1.06 bits per heavy atom. The van der Waals surface area contributed by atoms with Gasteiger partial charge in [-0.2, -0.15) is 0 Å². The summed E-state index contributed by atoms with van der Waals surface area (Å²) in [6, 6.07) is 9.13. The van der Waals surface area contributed by atoms with Crippen LogP contribution in [-0.2, 0) is 29.6 Å². The molecule has 0 spiro atoms. The first-order chi connectivity index (χ1) is 15.7. The molecule has 3 amide bonds.